The molecule has 0 radical (unpaired) electrons. The highest BCUT2D eigenvalue weighted by atomic mass is 79.9. The highest BCUT2D eigenvalue weighted by Crippen LogP contribution is 2.28. The van der Waals surface area contributed by atoms with Crippen molar-refractivity contribution >= 4 is 15.9 Å². The molecule has 0 N–H and O–H groups in total. The summed E-state index contributed by atoms with van der Waals surface area (Å²) in [7, 11) is 1.75. The minimum absolute atomic E-state index is 0.0551. The molecule has 0 amide bonds. The lowest BCUT2D eigenvalue weighted by Crippen LogP contribution is -2.27. The van der Waals surface area contributed by atoms with Crippen molar-refractivity contribution in [1.29, 1.82) is 0 Å². The van der Waals surface area contributed by atoms with Crippen molar-refractivity contribution in [3.05, 3.63) is 0 Å². The summed E-state index contributed by atoms with van der Waals surface area (Å²) in [5.74, 6) is 0. The van der Waals surface area contributed by atoms with Gasteiger partial charge in [0.1, 0.15) is 0 Å². The molecule has 84 valence electrons. The van der Waals surface area contributed by atoms with E-state index in [1.165, 1.54) is 19.3 Å². The van der Waals surface area contributed by atoms with Gasteiger partial charge in [0, 0.05) is 18.5 Å². The van der Waals surface area contributed by atoms with Crippen LogP contribution in [0.15, 0.2) is 0 Å². The Morgan fingerprint density at radius 1 is 1.36 bits per heavy atom. The zero-order chi connectivity index (χ0) is 10.6. The highest BCUT2D eigenvalue weighted by molar-refractivity contribution is 9.09. The Balaban J connectivity index is 2.15. The molecule has 0 heterocycles. The number of hydrogen-bond donors (Lipinski definition) is 0. The fourth-order valence-electron chi connectivity index (χ4n) is 1.63. The van der Waals surface area contributed by atoms with E-state index in [4.69, 9.17) is 9.47 Å². The smallest absolute Gasteiger partial charge is 0.0700 e. The van der Waals surface area contributed by atoms with Gasteiger partial charge in [0.05, 0.1) is 11.7 Å². The molecule has 1 fully saturated rings. The first-order valence-corrected chi connectivity index (χ1v) is 6.27. The Hall–Kier alpha value is 0.400. The molecule has 1 saturated carbocycles. The summed E-state index contributed by atoms with van der Waals surface area (Å²) >= 11 is 3.65. The van der Waals surface area contributed by atoms with Gasteiger partial charge in [0.2, 0.25) is 0 Å². The van der Waals surface area contributed by atoms with Crippen LogP contribution in [0.1, 0.15) is 39.5 Å². The van der Waals surface area contributed by atoms with E-state index in [0.29, 0.717) is 10.9 Å². The predicted molar refractivity (Wildman–Crippen MR) is 62.0 cm³/mol. The van der Waals surface area contributed by atoms with E-state index < -0.39 is 0 Å². The van der Waals surface area contributed by atoms with E-state index in [2.05, 4.69) is 29.8 Å². The number of alkyl halides is 1. The SMILES string of the molecule is COC(C)(C)CCOC1CCCC1Br. The molecule has 1 aliphatic carbocycles. The maximum atomic E-state index is 5.83. The van der Waals surface area contributed by atoms with Crippen LogP contribution in [-0.4, -0.2) is 30.2 Å². The van der Waals surface area contributed by atoms with Crippen molar-refractivity contribution in [3.8, 4) is 0 Å². The van der Waals surface area contributed by atoms with Crippen LogP contribution in [0.3, 0.4) is 0 Å². The molecule has 0 aromatic carbocycles. The van der Waals surface area contributed by atoms with Crippen LogP contribution in [0.5, 0.6) is 0 Å². The third-order valence-electron chi connectivity index (χ3n) is 2.96. The number of methoxy groups -OCH3 is 1. The van der Waals surface area contributed by atoms with Gasteiger partial charge in [-0.15, -0.1) is 0 Å². The maximum Gasteiger partial charge on any atom is 0.0700 e. The molecule has 0 spiro atoms. The van der Waals surface area contributed by atoms with Gasteiger partial charge in [0.15, 0.2) is 0 Å². The van der Waals surface area contributed by atoms with Gasteiger partial charge in [-0.2, -0.15) is 0 Å². The molecule has 3 heteroatoms. The van der Waals surface area contributed by atoms with Gasteiger partial charge in [0.25, 0.3) is 0 Å². The summed E-state index contributed by atoms with van der Waals surface area (Å²) in [4.78, 5) is 0.563. The third kappa shape index (κ3) is 3.87. The first-order chi connectivity index (χ1) is 6.55. The minimum atomic E-state index is -0.0551. The minimum Gasteiger partial charge on any atom is -0.379 e. The second-order valence-electron chi connectivity index (χ2n) is 4.57. The lowest BCUT2D eigenvalue weighted by molar-refractivity contribution is -0.0240. The molecule has 2 atom stereocenters. The first kappa shape index (κ1) is 12.5. The Bertz CT molecular complexity index is 171. The molecular weight excluding hydrogens is 244 g/mol. The summed E-state index contributed by atoms with van der Waals surface area (Å²) in [5.41, 5.74) is -0.0551. The fraction of sp³-hybridized carbons (Fsp3) is 1.00. The summed E-state index contributed by atoms with van der Waals surface area (Å²) in [6.45, 7) is 4.99. The van der Waals surface area contributed by atoms with Crippen molar-refractivity contribution in [2.24, 2.45) is 0 Å². The van der Waals surface area contributed by atoms with Gasteiger partial charge in [-0.05, 0) is 39.5 Å². The van der Waals surface area contributed by atoms with Crippen LogP contribution in [0.4, 0.5) is 0 Å². The molecule has 0 bridgehead atoms. The monoisotopic (exact) mass is 264 g/mol. The molecule has 1 aliphatic rings. The molecule has 0 aromatic heterocycles. The van der Waals surface area contributed by atoms with Crippen LogP contribution in [-0.2, 0) is 9.47 Å². The van der Waals surface area contributed by atoms with Crippen molar-refractivity contribution < 1.29 is 9.47 Å². The summed E-state index contributed by atoms with van der Waals surface area (Å²) in [6.07, 6.45) is 5.11. The van der Waals surface area contributed by atoms with E-state index in [9.17, 15) is 0 Å². The standard InChI is InChI=1S/C11H21BrO2/c1-11(2,13-3)7-8-14-10-6-4-5-9(10)12/h9-10H,4-8H2,1-3H3. The molecule has 0 saturated heterocycles. The molecule has 2 unspecified atom stereocenters. The van der Waals surface area contributed by atoms with E-state index >= 15 is 0 Å². The Labute approximate surface area is 95.5 Å². The van der Waals surface area contributed by atoms with Crippen molar-refractivity contribution in [3.63, 3.8) is 0 Å². The van der Waals surface area contributed by atoms with Gasteiger partial charge in [-0.3, -0.25) is 0 Å². The number of ether oxygens (including phenoxy) is 2. The topological polar surface area (TPSA) is 18.5 Å². The van der Waals surface area contributed by atoms with E-state index in [1.54, 1.807) is 7.11 Å². The third-order valence-corrected chi connectivity index (χ3v) is 4.01. The largest absolute Gasteiger partial charge is 0.379 e. The summed E-state index contributed by atoms with van der Waals surface area (Å²) < 4.78 is 11.2. The Kier molecular flexibility index (Phi) is 4.88. The number of halogens is 1. The van der Waals surface area contributed by atoms with Crippen LogP contribution in [0, 0.1) is 0 Å². The fourth-order valence-corrected chi connectivity index (χ4v) is 2.37. The van der Waals surface area contributed by atoms with Gasteiger partial charge in [-0.1, -0.05) is 15.9 Å². The van der Waals surface area contributed by atoms with Crippen LogP contribution >= 0.6 is 15.9 Å². The van der Waals surface area contributed by atoms with Gasteiger partial charge >= 0.3 is 0 Å². The van der Waals surface area contributed by atoms with Crippen molar-refractivity contribution in [2.75, 3.05) is 13.7 Å². The van der Waals surface area contributed by atoms with E-state index in [1.807, 2.05) is 0 Å². The average molecular weight is 265 g/mol. The zero-order valence-electron chi connectivity index (χ0n) is 9.38. The number of hydrogen-bond acceptors (Lipinski definition) is 2. The second kappa shape index (κ2) is 5.47. The maximum absolute atomic E-state index is 5.83. The number of rotatable bonds is 5. The molecule has 1 rings (SSSR count). The van der Waals surface area contributed by atoms with Crippen LogP contribution in [0.25, 0.3) is 0 Å². The van der Waals surface area contributed by atoms with Gasteiger partial charge < -0.3 is 9.47 Å². The Morgan fingerprint density at radius 3 is 2.57 bits per heavy atom. The summed E-state index contributed by atoms with van der Waals surface area (Å²) in [5, 5.41) is 0. The normalized spacial score (nSPS) is 28.3. The second-order valence-corrected chi connectivity index (χ2v) is 5.75. The molecular formula is C11H21BrO2. The lowest BCUT2D eigenvalue weighted by Gasteiger charge is -2.24. The van der Waals surface area contributed by atoms with E-state index in [-0.39, 0.29) is 5.60 Å². The highest BCUT2D eigenvalue weighted by Gasteiger charge is 2.26. The van der Waals surface area contributed by atoms with Crippen molar-refractivity contribution in [1.82, 2.24) is 0 Å². The quantitative estimate of drug-likeness (QED) is 0.711. The zero-order valence-corrected chi connectivity index (χ0v) is 11.0. The van der Waals surface area contributed by atoms with Gasteiger partial charge in [-0.25, -0.2) is 0 Å². The molecule has 14 heavy (non-hydrogen) atoms. The lowest BCUT2D eigenvalue weighted by atomic mass is 10.1. The molecule has 0 aromatic rings. The Morgan fingerprint density at radius 2 is 2.07 bits per heavy atom. The summed E-state index contributed by atoms with van der Waals surface area (Å²) in [6, 6.07) is 0. The van der Waals surface area contributed by atoms with Crippen LogP contribution < -0.4 is 0 Å². The molecule has 0 aliphatic heterocycles. The van der Waals surface area contributed by atoms with Crippen molar-refractivity contribution in [2.45, 2.75) is 56.1 Å². The molecule has 2 nitrogen and oxygen atoms in total. The first-order valence-electron chi connectivity index (χ1n) is 5.36. The van der Waals surface area contributed by atoms with E-state index in [0.717, 1.165) is 13.0 Å². The predicted octanol–water partition coefficient (Wildman–Crippen LogP) is 3.13. The van der Waals surface area contributed by atoms with Crippen LogP contribution in [0.2, 0.25) is 0 Å². The average Bonchev–Trinajstić information content (AvgIpc) is 2.52.